The summed E-state index contributed by atoms with van der Waals surface area (Å²) in [6.45, 7) is 8.09. The second-order valence-electron chi connectivity index (χ2n) is 3.10. The van der Waals surface area contributed by atoms with Crippen LogP contribution in [-0.4, -0.2) is 0 Å². The quantitative estimate of drug-likeness (QED) is 0.401. The number of hydrogen-bond acceptors (Lipinski definition) is 0. The molecule has 0 heterocycles. The van der Waals surface area contributed by atoms with Crippen molar-refractivity contribution in [2.24, 2.45) is 0 Å². The third-order valence-electron chi connectivity index (χ3n) is 1.96. The van der Waals surface area contributed by atoms with E-state index in [1.54, 1.807) is 0 Å². The minimum atomic E-state index is 0. The maximum atomic E-state index is 3.21. The Morgan fingerprint density at radius 3 is 2.47 bits per heavy atom. The summed E-state index contributed by atoms with van der Waals surface area (Å²) in [6, 6.07) is 0. The molecule has 0 spiro atoms. The molecule has 1 heteroatoms. The largest absolute Gasteiger partial charge is 2.00 e. The van der Waals surface area contributed by atoms with Gasteiger partial charge in [-0.1, -0.05) is 27.2 Å². The average Bonchev–Trinajstić information content (AvgIpc) is 2.71. The zero-order valence-corrected chi connectivity index (χ0v) is 11.8. The number of allylic oxidation sites excluding steroid dienone is 8. The molecular weight excluding hydrogens is 269 g/mol. The van der Waals surface area contributed by atoms with E-state index >= 15 is 0 Å². The van der Waals surface area contributed by atoms with Gasteiger partial charge >= 0.3 is 19.5 Å². The smallest absolute Gasteiger partial charge is 0.275 e. The molecule has 0 aromatic carbocycles. The Labute approximate surface area is 108 Å². The maximum Gasteiger partial charge on any atom is 2.00 e. The summed E-state index contributed by atoms with van der Waals surface area (Å²) in [5.41, 5.74) is 2.56. The zero-order chi connectivity index (χ0) is 10.8. The standard InChI is InChI=1S/C7H9.C7H11.Ru/c1-2-7-5-3-4-6-7;1-4-6-7(3)5-2;/h3,5H,2,4H2,1H3;4,6H,1-3H3;/q2*-1;+2. The van der Waals surface area contributed by atoms with Gasteiger partial charge in [0.1, 0.15) is 0 Å². The molecule has 0 bridgehead atoms. The third-order valence-corrected chi connectivity index (χ3v) is 1.96. The fraction of sp³-hybridized carbons (Fsp3) is 0.429. The van der Waals surface area contributed by atoms with Crippen molar-refractivity contribution in [1.82, 2.24) is 0 Å². The third kappa shape index (κ3) is 9.88. The minimum absolute atomic E-state index is 0. The molecule has 1 aliphatic carbocycles. The second-order valence-corrected chi connectivity index (χ2v) is 3.10. The van der Waals surface area contributed by atoms with Crippen LogP contribution in [0, 0.1) is 12.2 Å². The van der Waals surface area contributed by atoms with Crippen LogP contribution >= 0.6 is 0 Å². The first-order valence-corrected chi connectivity index (χ1v) is 5.14. The van der Waals surface area contributed by atoms with Crippen molar-refractivity contribution in [3.05, 3.63) is 47.6 Å². The van der Waals surface area contributed by atoms with Gasteiger partial charge in [-0.25, -0.2) is 23.3 Å². The van der Waals surface area contributed by atoms with E-state index in [1.807, 2.05) is 32.9 Å². The summed E-state index contributed by atoms with van der Waals surface area (Å²) in [6.07, 6.45) is 16.7. The zero-order valence-electron chi connectivity index (χ0n) is 10.1. The van der Waals surface area contributed by atoms with Gasteiger partial charge in [-0.15, -0.1) is 13.3 Å². The maximum absolute atomic E-state index is 3.21. The van der Waals surface area contributed by atoms with Crippen LogP contribution in [0.4, 0.5) is 0 Å². The van der Waals surface area contributed by atoms with Crippen LogP contribution in [0.15, 0.2) is 35.5 Å². The van der Waals surface area contributed by atoms with Crippen LogP contribution in [0.25, 0.3) is 0 Å². The van der Waals surface area contributed by atoms with Gasteiger partial charge in [-0.05, 0) is 0 Å². The minimum Gasteiger partial charge on any atom is -0.275 e. The Morgan fingerprint density at radius 1 is 1.60 bits per heavy atom. The van der Waals surface area contributed by atoms with Crippen LogP contribution < -0.4 is 0 Å². The first-order chi connectivity index (χ1) is 6.74. The second kappa shape index (κ2) is 11.7. The first-order valence-electron chi connectivity index (χ1n) is 5.14. The summed E-state index contributed by atoms with van der Waals surface area (Å²) >= 11 is 0. The molecular formula is C14H20Ru. The molecule has 0 N–H and O–H groups in total. The van der Waals surface area contributed by atoms with Gasteiger partial charge in [0.25, 0.3) is 0 Å². The summed E-state index contributed by atoms with van der Waals surface area (Å²) in [5.74, 6) is 0. The molecule has 0 saturated carbocycles. The molecule has 1 rings (SSSR count). The summed E-state index contributed by atoms with van der Waals surface area (Å²) in [4.78, 5) is 0. The van der Waals surface area contributed by atoms with Gasteiger partial charge < -0.3 is 0 Å². The molecule has 0 amide bonds. The van der Waals surface area contributed by atoms with E-state index in [2.05, 4.69) is 31.2 Å². The molecule has 0 saturated heterocycles. The van der Waals surface area contributed by atoms with E-state index < -0.39 is 0 Å². The Kier molecular flexibility index (Phi) is 13.2. The molecule has 0 aromatic heterocycles. The molecule has 84 valence electrons. The number of rotatable bonds is 2. The molecule has 0 aromatic rings. The predicted octanol–water partition coefficient (Wildman–Crippen LogP) is 4.42. The Morgan fingerprint density at radius 2 is 2.27 bits per heavy atom. The van der Waals surface area contributed by atoms with Crippen molar-refractivity contribution in [2.45, 2.75) is 40.5 Å². The average molecular weight is 289 g/mol. The normalized spacial score (nSPS) is 14.4. The van der Waals surface area contributed by atoms with Gasteiger partial charge in [-0.2, -0.15) is 12.2 Å². The molecule has 0 nitrogen and oxygen atoms in total. The van der Waals surface area contributed by atoms with E-state index in [4.69, 9.17) is 0 Å². The van der Waals surface area contributed by atoms with Crippen molar-refractivity contribution in [2.75, 3.05) is 0 Å². The van der Waals surface area contributed by atoms with E-state index in [0.717, 1.165) is 12.8 Å². The van der Waals surface area contributed by atoms with Crippen molar-refractivity contribution in [3.63, 3.8) is 0 Å². The van der Waals surface area contributed by atoms with Crippen LogP contribution in [0.3, 0.4) is 0 Å². The molecule has 0 atom stereocenters. The monoisotopic (exact) mass is 290 g/mol. The van der Waals surface area contributed by atoms with E-state index in [0.29, 0.717) is 0 Å². The molecule has 0 unspecified atom stereocenters. The van der Waals surface area contributed by atoms with Crippen molar-refractivity contribution >= 4 is 0 Å². The molecule has 0 radical (unpaired) electrons. The van der Waals surface area contributed by atoms with E-state index in [1.165, 1.54) is 11.1 Å². The fourth-order valence-electron chi connectivity index (χ4n) is 1.03. The van der Waals surface area contributed by atoms with Gasteiger partial charge in [-0.3, -0.25) is 12.2 Å². The van der Waals surface area contributed by atoms with E-state index in [9.17, 15) is 0 Å². The predicted molar refractivity (Wildman–Crippen MR) is 63.7 cm³/mol. The van der Waals surface area contributed by atoms with Gasteiger partial charge in [0.15, 0.2) is 0 Å². The topological polar surface area (TPSA) is 0 Å². The van der Waals surface area contributed by atoms with Gasteiger partial charge in [0.05, 0.1) is 0 Å². The van der Waals surface area contributed by atoms with Crippen molar-refractivity contribution in [1.29, 1.82) is 0 Å². The summed E-state index contributed by atoms with van der Waals surface area (Å²) < 4.78 is 0. The van der Waals surface area contributed by atoms with Gasteiger partial charge in [0, 0.05) is 0 Å². The van der Waals surface area contributed by atoms with Gasteiger partial charge in [0.2, 0.25) is 0 Å². The summed E-state index contributed by atoms with van der Waals surface area (Å²) in [5, 5.41) is 0. The van der Waals surface area contributed by atoms with Crippen LogP contribution in [0.5, 0.6) is 0 Å². The van der Waals surface area contributed by atoms with E-state index in [-0.39, 0.29) is 19.5 Å². The molecule has 0 fully saturated rings. The molecule has 15 heavy (non-hydrogen) atoms. The van der Waals surface area contributed by atoms with Crippen LogP contribution in [0.1, 0.15) is 40.5 Å². The Bertz CT molecular complexity index is 255. The molecule has 1 aliphatic rings. The number of hydrogen-bond donors (Lipinski definition) is 0. The van der Waals surface area contributed by atoms with Crippen molar-refractivity contribution < 1.29 is 19.5 Å². The molecule has 0 aliphatic heterocycles. The van der Waals surface area contributed by atoms with Crippen molar-refractivity contribution in [3.8, 4) is 0 Å². The fourth-order valence-corrected chi connectivity index (χ4v) is 1.03. The van der Waals surface area contributed by atoms with Crippen LogP contribution in [0.2, 0.25) is 0 Å². The Balaban J connectivity index is 0. The Hall–Kier alpha value is -0.417. The summed E-state index contributed by atoms with van der Waals surface area (Å²) in [7, 11) is 0. The van der Waals surface area contributed by atoms with Crippen LogP contribution in [-0.2, 0) is 19.5 Å². The first kappa shape index (κ1) is 17.0. The SMILES string of the molecule is CCC1=[C-]CC=C1.C[C-]=C(C)C=CC.[Ru+2].